The van der Waals surface area contributed by atoms with Crippen molar-refractivity contribution in [3.05, 3.63) is 29.3 Å². The maximum absolute atomic E-state index is 5.30. The molecule has 0 fully saturated rings. The van der Waals surface area contributed by atoms with Crippen molar-refractivity contribution < 1.29 is 4.74 Å². The standard InChI is InChI=1S/C14H20O.2C2H6/c1-10-13-9-12(15-4)6-5-11(13)7-8-14(10,2)3;2*1-2/h5-6,9-10H,7-8H2,1-4H3;2*1-2H3. The largest absolute Gasteiger partial charge is 0.497 e. The van der Waals surface area contributed by atoms with Gasteiger partial charge in [0.2, 0.25) is 0 Å². The van der Waals surface area contributed by atoms with Gasteiger partial charge in [0, 0.05) is 0 Å². The fraction of sp³-hybridized carbons (Fsp3) is 0.667. The molecule has 0 aromatic heterocycles. The Morgan fingerprint density at radius 2 is 1.68 bits per heavy atom. The maximum atomic E-state index is 5.30. The molecule has 1 aliphatic rings. The van der Waals surface area contributed by atoms with Crippen LogP contribution in [0, 0.1) is 5.41 Å². The zero-order chi connectivity index (χ0) is 15.1. The molecule has 2 rings (SSSR count). The van der Waals surface area contributed by atoms with Gasteiger partial charge in [0.15, 0.2) is 0 Å². The molecule has 0 heterocycles. The van der Waals surface area contributed by atoms with Crippen molar-refractivity contribution in [2.75, 3.05) is 7.11 Å². The Morgan fingerprint density at radius 1 is 1.11 bits per heavy atom. The third kappa shape index (κ3) is 4.26. The summed E-state index contributed by atoms with van der Waals surface area (Å²) in [4.78, 5) is 0. The molecule has 1 nitrogen and oxygen atoms in total. The van der Waals surface area contributed by atoms with Crippen LogP contribution in [0.3, 0.4) is 0 Å². The molecular formula is C18H32O. The average Bonchev–Trinajstić information content (AvgIpc) is 2.47. The third-order valence-electron chi connectivity index (χ3n) is 4.03. The summed E-state index contributed by atoms with van der Waals surface area (Å²) in [6.45, 7) is 15.1. The Kier molecular flexibility index (Phi) is 7.82. The first-order valence-corrected chi connectivity index (χ1v) is 7.71. The van der Waals surface area contributed by atoms with E-state index < -0.39 is 0 Å². The Balaban J connectivity index is 0.000000741. The molecule has 0 amide bonds. The Hall–Kier alpha value is -0.980. The second-order valence-corrected chi connectivity index (χ2v) is 5.28. The van der Waals surface area contributed by atoms with Gasteiger partial charge in [-0.25, -0.2) is 0 Å². The molecule has 0 radical (unpaired) electrons. The summed E-state index contributed by atoms with van der Waals surface area (Å²) >= 11 is 0. The number of rotatable bonds is 1. The van der Waals surface area contributed by atoms with E-state index in [9.17, 15) is 0 Å². The summed E-state index contributed by atoms with van der Waals surface area (Å²) in [5.74, 6) is 1.61. The minimum absolute atomic E-state index is 0.416. The highest BCUT2D eigenvalue weighted by molar-refractivity contribution is 5.40. The Bertz CT molecular complexity index is 366. The van der Waals surface area contributed by atoms with Gasteiger partial charge < -0.3 is 4.74 Å². The predicted molar refractivity (Wildman–Crippen MR) is 86.2 cm³/mol. The smallest absolute Gasteiger partial charge is 0.119 e. The normalized spacial score (nSPS) is 19.1. The minimum Gasteiger partial charge on any atom is -0.497 e. The zero-order valence-electron chi connectivity index (χ0n) is 14.1. The number of ether oxygens (including phenoxy) is 1. The van der Waals surface area contributed by atoms with Crippen molar-refractivity contribution in [3.8, 4) is 5.75 Å². The van der Waals surface area contributed by atoms with Crippen molar-refractivity contribution in [2.24, 2.45) is 5.41 Å². The van der Waals surface area contributed by atoms with Crippen molar-refractivity contribution in [3.63, 3.8) is 0 Å². The van der Waals surface area contributed by atoms with Gasteiger partial charge in [-0.1, -0.05) is 54.5 Å². The molecule has 0 saturated heterocycles. The summed E-state index contributed by atoms with van der Waals surface area (Å²) in [5.41, 5.74) is 3.40. The minimum atomic E-state index is 0.416. The van der Waals surface area contributed by atoms with Crippen LogP contribution in [0.5, 0.6) is 5.75 Å². The Morgan fingerprint density at radius 3 is 2.21 bits per heavy atom. The first kappa shape index (κ1) is 18.0. The monoisotopic (exact) mass is 264 g/mol. The molecule has 1 unspecified atom stereocenters. The molecule has 1 aliphatic carbocycles. The summed E-state index contributed by atoms with van der Waals surface area (Å²) < 4.78 is 5.30. The van der Waals surface area contributed by atoms with Crippen molar-refractivity contribution >= 4 is 0 Å². The van der Waals surface area contributed by atoms with Gasteiger partial charge in [-0.15, -0.1) is 0 Å². The molecule has 0 aliphatic heterocycles. The SMILES string of the molecule is CC.CC.COc1ccc2c(c1)C(C)C(C)(C)CC2. The van der Waals surface area contributed by atoms with Crippen LogP contribution >= 0.6 is 0 Å². The number of hydrogen-bond donors (Lipinski definition) is 0. The van der Waals surface area contributed by atoms with Crippen LogP contribution in [0.15, 0.2) is 18.2 Å². The highest BCUT2D eigenvalue weighted by Crippen LogP contribution is 2.45. The van der Waals surface area contributed by atoms with Gasteiger partial charge in [0.25, 0.3) is 0 Å². The van der Waals surface area contributed by atoms with Crippen LogP contribution in [-0.4, -0.2) is 7.11 Å². The van der Waals surface area contributed by atoms with Crippen molar-refractivity contribution in [1.82, 2.24) is 0 Å². The molecule has 1 heteroatoms. The van der Waals surface area contributed by atoms with Crippen LogP contribution in [0.25, 0.3) is 0 Å². The molecule has 0 saturated carbocycles. The first-order valence-electron chi connectivity index (χ1n) is 7.71. The third-order valence-corrected chi connectivity index (χ3v) is 4.03. The van der Waals surface area contributed by atoms with E-state index in [1.807, 2.05) is 27.7 Å². The molecule has 0 bridgehead atoms. The first-order chi connectivity index (χ1) is 9.04. The van der Waals surface area contributed by atoms with Gasteiger partial charge >= 0.3 is 0 Å². The lowest BCUT2D eigenvalue weighted by Gasteiger charge is -2.38. The highest BCUT2D eigenvalue weighted by Gasteiger charge is 2.32. The number of methoxy groups -OCH3 is 1. The lowest BCUT2D eigenvalue weighted by molar-refractivity contribution is 0.258. The van der Waals surface area contributed by atoms with E-state index in [0.29, 0.717) is 11.3 Å². The second-order valence-electron chi connectivity index (χ2n) is 5.28. The lowest BCUT2D eigenvalue weighted by atomic mass is 9.67. The Labute approximate surface area is 120 Å². The number of benzene rings is 1. The lowest BCUT2D eigenvalue weighted by Crippen LogP contribution is -2.26. The highest BCUT2D eigenvalue weighted by atomic mass is 16.5. The van der Waals surface area contributed by atoms with Gasteiger partial charge in [0.05, 0.1) is 7.11 Å². The molecule has 19 heavy (non-hydrogen) atoms. The molecule has 1 atom stereocenters. The van der Waals surface area contributed by atoms with Crippen LogP contribution in [0.4, 0.5) is 0 Å². The van der Waals surface area contributed by atoms with Gasteiger partial charge in [-0.3, -0.25) is 0 Å². The molecule has 110 valence electrons. The number of aryl methyl sites for hydroxylation is 1. The molecule has 1 aromatic rings. The van der Waals surface area contributed by atoms with Crippen molar-refractivity contribution in [1.29, 1.82) is 0 Å². The fourth-order valence-electron chi connectivity index (χ4n) is 2.43. The summed E-state index contributed by atoms with van der Waals surface area (Å²) in [6.07, 6.45) is 2.49. The molecule has 0 spiro atoms. The summed E-state index contributed by atoms with van der Waals surface area (Å²) in [5, 5.41) is 0. The van der Waals surface area contributed by atoms with E-state index in [1.54, 1.807) is 7.11 Å². The fourth-order valence-corrected chi connectivity index (χ4v) is 2.43. The molecule has 0 N–H and O–H groups in total. The van der Waals surface area contributed by atoms with Gasteiger partial charge in [-0.05, 0) is 47.4 Å². The van der Waals surface area contributed by atoms with E-state index in [-0.39, 0.29) is 0 Å². The van der Waals surface area contributed by atoms with Gasteiger partial charge in [0.1, 0.15) is 5.75 Å². The van der Waals surface area contributed by atoms with Crippen LogP contribution < -0.4 is 4.74 Å². The topological polar surface area (TPSA) is 9.23 Å². The van der Waals surface area contributed by atoms with E-state index >= 15 is 0 Å². The summed E-state index contributed by atoms with van der Waals surface area (Å²) in [7, 11) is 1.74. The summed E-state index contributed by atoms with van der Waals surface area (Å²) in [6, 6.07) is 6.50. The zero-order valence-corrected chi connectivity index (χ0v) is 14.1. The molecular weight excluding hydrogens is 232 g/mol. The maximum Gasteiger partial charge on any atom is 0.119 e. The number of fused-ring (bicyclic) bond motifs is 1. The quantitative estimate of drug-likeness (QED) is 0.620. The second kappa shape index (κ2) is 8.24. The van der Waals surface area contributed by atoms with E-state index in [0.717, 1.165) is 5.75 Å². The van der Waals surface area contributed by atoms with E-state index in [2.05, 4.69) is 39.0 Å². The predicted octanol–water partition coefficient (Wildman–Crippen LogP) is 5.82. The number of hydrogen-bond acceptors (Lipinski definition) is 1. The van der Waals surface area contributed by atoms with Crippen molar-refractivity contribution in [2.45, 2.75) is 67.2 Å². The van der Waals surface area contributed by atoms with Crippen LogP contribution in [0.1, 0.15) is 71.9 Å². The van der Waals surface area contributed by atoms with E-state index in [1.165, 1.54) is 24.0 Å². The van der Waals surface area contributed by atoms with Crippen LogP contribution in [-0.2, 0) is 6.42 Å². The van der Waals surface area contributed by atoms with E-state index in [4.69, 9.17) is 4.74 Å². The molecule has 1 aromatic carbocycles. The van der Waals surface area contributed by atoms with Crippen LogP contribution in [0.2, 0.25) is 0 Å². The van der Waals surface area contributed by atoms with Gasteiger partial charge in [-0.2, -0.15) is 0 Å². The average molecular weight is 264 g/mol.